The minimum atomic E-state index is -0.384. The maximum Gasteiger partial charge on any atom is 0.229 e. The second-order valence-electron chi connectivity index (χ2n) is 9.78. The third-order valence-corrected chi connectivity index (χ3v) is 7.91. The molecule has 5 nitrogen and oxygen atoms in total. The van der Waals surface area contributed by atoms with E-state index in [-0.39, 0.29) is 29.1 Å². The van der Waals surface area contributed by atoms with E-state index in [0.717, 1.165) is 61.3 Å². The average molecular weight is 462 g/mol. The van der Waals surface area contributed by atoms with Crippen LogP contribution in [0.25, 0.3) is 5.69 Å². The second-order valence-corrected chi connectivity index (χ2v) is 9.78. The van der Waals surface area contributed by atoms with Crippen molar-refractivity contribution >= 4 is 5.91 Å². The zero-order valence-electron chi connectivity index (χ0n) is 20.1. The van der Waals surface area contributed by atoms with Crippen LogP contribution < -0.4 is 4.74 Å². The molecular formula is C28H32FN3O2. The molecule has 1 aliphatic carbocycles. The molecule has 3 unspecified atom stereocenters. The molecule has 2 aromatic carbocycles. The van der Waals surface area contributed by atoms with Gasteiger partial charge in [0.1, 0.15) is 11.6 Å². The van der Waals surface area contributed by atoms with E-state index in [1.165, 1.54) is 17.7 Å². The van der Waals surface area contributed by atoms with E-state index in [0.29, 0.717) is 0 Å². The maximum atomic E-state index is 14.1. The van der Waals surface area contributed by atoms with Crippen LogP contribution in [0.15, 0.2) is 55.0 Å². The summed E-state index contributed by atoms with van der Waals surface area (Å²) in [6.07, 6.45) is 8.62. The molecule has 1 saturated heterocycles. The first-order chi connectivity index (χ1) is 16.4. The highest BCUT2D eigenvalue weighted by Crippen LogP contribution is 2.56. The summed E-state index contributed by atoms with van der Waals surface area (Å²) in [5.74, 6) is 0.940. The van der Waals surface area contributed by atoms with Crippen LogP contribution in [-0.4, -0.2) is 34.0 Å². The predicted octanol–water partition coefficient (Wildman–Crippen LogP) is 5.97. The number of piperidine rings is 1. The normalized spacial score (nSPS) is 23.5. The van der Waals surface area contributed by atoms with Crippen molar-refractivity contribution in [1.29, 1.82) is 0 Å². The molecule has 3 atom stereocenters. The Kier molecular flexibility index (Phi) is 5.92. The number of ether oxygens (including phenoxy) is 1. The summed E-state index contributed by atoms with van der Waals surface area (Å²) in [5.41, 5.74) is 3.65. The van der Waals surface area contributed by atoms with Crippen molar-refractivity contribution in [2.24, 2.45) is 5.41 Å². The van der Waals surface area contributed by atoms with Gasteiger partial charge in [-0.15, -0.1) is 0 Å². The summed E-state index contributed by atoms with van der Waals surface area (Å²) in [5, 5.41) is 0. The van der Waals surface area contributed by atoms with Gasteiger partial charge in [0.05, 0.1) is 36.3 Å². The molecule has 1 spiro atoms. The topological polar surface area (TPSA) is 47.4 Å². The first-order valence-corrected chi connectivity index (χ1v) is 12.2. The molecule has 178 valence electrons. The van der Waals surface area contributed by atoms with Crippen LogP contribution in [0.5, 0.6) is 5.75 Å². The van der Waals surface area contributed by atoms with Gasteiger partial charge in [0.25, 0.3) is 0 Å². The van der Waals surface area contributed by atoms with Gasteiger partial charge in [-0.25, -0.2) is 9.37 Å². The van der Waals surface area contributed by atoms with Crippen molar-refractivity contribution in [2.45, 2.75) is 57.9 Å². The Bertz CT molecular complexity index is 1190. The van der Waals surface area contributed by atoms with Gasteiger partial charge in [0, 0.05) is 12.7 Å². The van der Waals surface area contributed by atoms with E-state index in [1.54, 1.807) is 25.6 Å². The Morgan fingerprint density at radius 1 is 1.15 bits per heavy atom. The zero-order valence-corrected chi connectivity index (χ0v) is 20.1. The van der Waals surface area contributed by atoms with Gasteiger partial charge < -0.3 is 14.2 Å². The van der Waals surface area contributed by atoms with E-state index in [4.69, 9.17) is 4.74 Å². The number of halogens is 1. The molecular weight excluding hydrogens is 429 g/mol. The number of nitrogens with zero attached hydrogens (tertiary/aromatic N) is 3. The molecule has 2 aliphatic rings. The average Bonchev–Trinajstić information content (AvgIpc) is 3.47. The summed E-state index contributed by atoms with van der Waals surface area (Å²) in [4.78, 5) is 20.4. The molecule has 3 aromatic rings. The number of carbonyl (C=O) groups excluding carboxylic acids is 1. The fourth-order valence-corrected chi connectivity index (χ4v) is 6.14. The Morgan fingerprint density at radius 2 is 1.91 bits per heavy atom. The lowest BCUT2D eigenvalue weighted by molar-refractivity contribution is -0.149. The maximum absolute atomic E-state index is 14.1. The molecule has 1 aliphatic heterocycles. The van der Waals surface area contributed by atoms with E-state index in [2.05, 4.69) is 30.1 Å². The molecule has 5 rings (SSSR count). The highest BCUT2D eigenvalue weighted by atomic mass is 19.1. The number of methoxy groups -OCH3 is 1. The number of aromatic nitrogens is 2. The molecule has 1 amide bonds. The highest BCUT2D eigenvalue weighted by molar-refractivity contribution is 5.85. The Labute approximate surface area is 200 Å². The molecule has 34 heavy (non-hydrogen) atoms. The highest BCUT2D eigenvalue weighted by Gasteiger charge is 2.53. The number of aryl methyl sites for hydroxylation is 1. The van der Waals surface area contributed by atoms with Crippen molar-refractivity contribution in [3.8, 4) is 11.4 Å². The van der Waals surface area contributed by atoms with Crippen molar-refractivity contribution in [3.05, 3.63) is 77.6 Å². The Balaban J connectivity index is 1.46. The van der Waals surface area contributed by atoms with Crippen LogP contribution in [0.1, 0.15) is 67.8 Å². The zero-order chi connectivity index (χ0) is 23.9. The standard InChI is InChI=1S/C28H32FN3O2/c1-19-17-31(18-30-19)25-12-9-22(16-26(25)34-3)24-6-4-13-28(24)14-5-15-32(27(28)33)20(2)21-7-10-23(29)11-8-21/h7-12,16-18,20,24H,4-6,13-15H2,1-3H3. The molecule has 1 aromatic heterocycles. The molecule has 2 heterocycles. The van der Waals surface area contributed by atoms with Crippen molar-refractivity contribution in [2.75, 3.05) is 13.7 Å². The first kappa shape index (κ1) is 22.6. The summed E-state index contributed by atoms with van der Waals surface area (Å²) in [6.45, 7) is 4.76. The summed E-state index contributed by atoms with van der Waals surface area (Å²) < 4.78 is 21.2. The summed E-state index contributed by atoms with van der Waals surface area (Å²) >= 11 is 0. The van der Waals surface area contributed by atoms with Crippen LogP contribution in [0, 0.1) is 18.2 Å². The van der Waals surface area contributed by atoms with Gasteiger partial charge in [0.15, 0.2) is 0 Å². The minimum Gasteiger partial charge on any atom is -0.495 e. The predicted molar refractivity (Wildman–Crippen MR) is 130 cm³/mol. The van der Waals surface area contributed by atoms with E-state index >= 15 is 0 Å². The quantitative estimate of drug-likeness (QED) is 0.471. The van der Waals surface area contributed by atoms with Gasteiger partial charge >= 0.3 is 0 Å². The minimum absolute atomic E-state index is 0.0760. The molecule has 2 fully saturated rings. The van der Waals surface area contributed by atoms with Crippen LogP contribution in [0.4, 0.5) is 4.39 Å². The fraction of sp³-hybridized carbons (Fsp3) is 0.429. The van der Waals surface area contributed by atoms with Gasteiger partial charge in [-0.2, -0.15) is 0 Å². The summed E-state index contributed by atoms with van der Waals surface area (Å²) in [6, 6.07) is 12.8. The Hall–Kier alpha value is -3.15. The van der Waals surface area contributed by atoms with Gasteiger partial charge in [-0.1, -0.05) is 24.6 Å². The van der Waals surface area contributed by atoms with Crippen molar-refractivity contribution in [3.63, 3.8) is 0 Å². The van der Waals surface area contributed by atoms with E-state index in [9.17, 15) is 9.18 Å². The largest absolute Gasteiger partial charge is 0.495 e. The molecule has 0 bridgehead atoms. The number of rotatable bonds is 5. The van der Waals surface area contributed by atoms with E-state index in [1.807, 2.05) is 22.6 Å². The lowest BCUT2D eigenvalue weighted by atomic mass is 9.68. The van der Waals surface area contributed by atoms with Crippen LogP contribution in [0.2, 0.25) is 0 Å². The number of benzene rings is 2. The molecule has 0 N–H and O–H groups in total. The summed E-state index contributed by atoms with van der Waals surface area (Å²) in [7, 11) is 1.69. The fourth-order valence-electron chi connectivity index (χ4n) is 6.14. The monoisotopic (exact) mass is 461 g/mol. The number of hydrogen-bond donors (Lipinski definition) is 0. The SMILES string of the molecule is COc1cc(C2CCCC23CCCN(C(C)c2ccc(F)cc2)C3=O)ccc1-n1cnc(C)c1. The van der Waals surface area contributed by atoms with Gasteiger partial charge in [-0.05, 0) is 80.8 Å². The third-order valence-electron chi connectivity index (χ3n) is 7.91. The number of likely N-dealkylation sites (tertiary alicyclic amines) is 1. The molecule has 0 radical (unpaired) electrons. The lowest BCUT2D eigenvalue weighted by Gasteiger charge is -2.45. The van der Waals surface area contributed by atoms with Gasteiger partial charge in [0.2, 0.25) is 5.91 Å². The first-order valence-electron chi connectivity index (χ1n) is 12.2. The number of amides is 1. The molecule has 1 saturated carbocycles. The van der Waals surface area contributed by atoms with Crippen LogP contribution >= 0.6 is 0 Å². The van der Waals surface area contributed by atoms with Gasteiger partial charge in [-0.3, -0.25) is 4.79 Å². The lowest BCUT2D eigenvalue weighted by Crippen LogP contribution is -2.50. The number of carbonyl (C=O) groups is 1. The Morgan fingerprint density at radius 3 is 2.62 bits per heavy atom. The van der Waals surface area contributed by atoms with Crippen molar-refractivity contribution < 1.29 is 13.9 Å². The number of imidazole rings is 1. The van der Waals surface area contributed by atoms with E-state index < -0.39 is 0 Å². The third kappa shape index (κ3) is 3.79. The van der Waals surface area contributed by atoms with Crippen LogP contribution in [0.3, 0.4) is 0 Å². The smallest absolute Gasteiger partial charge is 0.229 e. The number of hydrogen-bond acceptors (Lipinski definition) is 3. The second kappa shape index (κ2) is 8.90. The van der Waals surface area contributed by atoms with Crippen molar-refractivity contribution in [1.82, 2.24) is 14.5 Å². The molecule has 6 heteroatoms. The van der Waals surface area contributed by atoms with Crippen LogP contribution in [-0.2, 0) is 4.79 Å².